The fraction of sp³-hybridized carbons (Fsp3) is 0.400. The second-order valence-electron chi connectivity index (χ2n) is 3.27. The molecule has 1 unspecified atom stereocenters. The smallest absolute Gasteiger partial charge is 0.261 e. The highest BCUT2D eigenvalue weighted by Crippen LogP contribution is 2.24. The molecule has 0 spiro atoms. The highest BCUT2D eigenvalue weighted by molar-refractivity contribution is 5.54. The first kappa shape index (κ1) is 9.92. The van der Waals surface area contributed by atoms with Gasteiger partial charge in [-0.15, -0.1) is 0 Å². The Hall–Kier alpha value is -1.62. The van der Waals surface area contributed by atoms with Crippen molar-refractivity contribution < 1.29 is 14.0 Å². The number of aliphatic hydroxyl groups excluding tert-OH is 1. The van der Waals surface area contributed by atoms with Gasteiger partial charge in [0.05, 0.1) is 11.8 Å². The lowest BCUT2D eigenvalue weighted by atomic mass is 10.2. The molecular weight excluding hydrogens is 196 g/mol. The highest BCUT2D eigenvalue weighted by atomic mass is 16.5. The van der Waals surface area contributed by atoms with Crippen molar-refractivity contribution in [3.63, 3.8) is 0 Å². The molecule has 0 aliphatic carbocycles. The first-order chi connectivity index (χ1) is 7.22. The number of rotatable bonds is 3. The van der Waals surface area contributed by atoms with E-state index >= 15 is 0 Å². The van der Waals surface area contributed by atoms with E-state index in [0.29, 0.717) is 18.1 Å². The van der Waals surface area contributed by atoms with E-state index in [0.717, 1.165) is 11.3 Å². The maximum absolute atomic E-state index is 9.50. The minimum atomic E-state index is -0.672. The molecule has 0 aliphatic heterocycles. The van der Waals surface area contributed by atoms with Crippen molar-refractivity contribution in [2.75, 3.05) is 0 Å². The molecule has 5 heteroatoms. The quantitative estimate of drug-likeness (QED) is 0.835. The van der Waals surface area contributed by atoms with Gasteiger partial charge in [0.25, 0.3) is 5.89 Å². The van der Waals surface area contributed by atoms with Crippen LogP contribution in [-0.4, -0.2) is 15.2 Å². The van der Waals surface area contributed by atoms with Crippen LogP contribution >= 0.6 is 0 Å². The van der Waals surface area contributed by atoms with Crippen molar-refractivity contribution in [2.24, 2.45) is 0 Å². The SMILES string of the molecule is CCC(O)c1noc(-c2ccoc2C)n1. The van der Waals surface area contributed by atoms with E-state index < -0.39 is 6.10 Å². The summed E-state index contributed by atoms with van der Waals surface area (Å²) >= 11 is 0. The van der Waals surface area contributed by atoms with E-state index in [4.69, 9.17) is 8.94 Å². The molecule has 0 radical (unpaired) electrons. The molecule has 2 rings (SSSR count). The molecule has 2 heterocycles. The van der Waals surface area contributed by atoms with Gasteiger partial charge in [0, 0.05) is 0 Å². The fourth-order valence-corrected chi connectivity index (χ4v) is 1.27. The molecular formula is C10H12N2O3. The Morgan fingerprint density at radius 3 is 2.93 bits per heavy atom. The van der Waals surface area contributed by atoms with E-state index in [1.807, 2.05) is 13.8 Å². The molecule has 0 amide bonds. The van der Waals surface area contributed by atoms with Gasteiger partial charge in [-0.3, -0.25) is 0 Å². The lowest BCUT2D eigenvalue weighted by Crippen LogP contribution is -1.97. The van der Waals surface area contributed by atoms with Crippen molar-refractivity contribution >= 4 is 0 Å². The molecule has 0 bridgehead atoms. The molecule has 0 aliphatic rings. The summed E-state index contributed by atoms with van der Waals surface area (Å²) in [6.07, 6.45) is 1.45. The van der Waals surface area contributed by atoms with Crippen molar-refractivity contribution in [1.29, 1.82) is 0 Å². The van der Waals surface area contributed by atoms with E-state index in [1.165, 1.54) is 0 Å². The average Bonchev–Trinajstić information content (AvgIpc) is 2.84. The zero-order valence-corrected chi connectivity index (χ0v) is 8.60. The molecule has 1 N–H and O–H groups in total. The van der Waals surface area contributed by atoms with Gasteiger partial charge in [-0.05, 0) is 19.4 Å². The Labute approximate surface area is 86.7 Å². The van der Waals surface area contributed by atoms with Crippen molar-refractivity contribution in [1.82, 2.24) is 10.1 Å². The first-order valence-electron chi connectivity index (χ1n) is 4.78. The molecule has 15 heavy (non-hydrogen) atoms. The van der Waals surface area contributed by atoms with Gasteiger partial charge in [0.1, 0.15) is 11.9 Å². The van der Waals surface area contributed by atoms with Crippen molar-refractivity contribution in [2.45, 2.75) is 26.4 Å². The van der Waals surface area contributed by atoms with Gasteiger partial charge in [-0.25, -0.2) is 0 Å². The summed E-state index contributed by atoms with van der Waals surface area (Å²) < 4.78 is 10.2. The molecule has 1 atom stereocenters. The summed E-state index contributed by atoms with van der Waals surface area (Å²) in [5.41, 5.74) is 0.761. The summed E-state index contributed by atoms with van der Waals surface area (Å²) in [6, 6.07) is 1.75. The summed E-state index contributed by atoms with van der Waals surface area (Å²) in [5, 5.41) is 13.2. The van der Waals surface area contributed by atoms with Gasteiger partial charge < -0.3 is 14.0 Å². The monoisotopic (exact) mass is 208 g/mol. The van der Waals surface area contributed by atoms with E-state index in [9.17, 15) is 5.11 Å². The predicted molar refractivity (Wildman–Crippen MR) is 52.0 cm³/mol. The standard InChI is InChI=1S/C10H12N2O3/c1-3-8(13)9-11-10(15-12-9)7-4-5-14-6(7)2/h4-5,8,13H,3H2,1-2H3. The van der Waals surface area contributed by atoms with Crippen LogP contribution < -0.4 is 0 Å². The van der Waals surface area contributed by atoms with Gasteiger partial charge >= 0.3 is 0 Å². The van der Waals surface area contributed by atoms with Crippen LogP contribution in [0, 0.1) is 6.92 Å². The number of hydrogen-bond acceptors (Lipinski definition) is 5. The van der Waals surface area contributed by atoms with Crippen LogP contribution in [0.4, 0.5) is 0 Å². The van der Waals surface area contributed by atoms with Crippen LogP contribution in [0.1, 0.15) is 31.0 Å². The molecule has 80 valence electrons. The highest BCUT2D eigenvalue weighted by Gasteiger charge is 2.16. The second-order valence-corrected chi connectivity index (χ2v) is 3.27. The molecule has 2 aromatic heterocycles. The summed E-state index contributed by atoms with van der Waals surface area (Å²) in [6.45, 7) is 3.67. The normalized spacial score (nSPS) is 13.0. The third-order valence-electron chi connectivity index (χ3n) is 2.22. The largest absolute Gasteiger partial charge is 0.469 e. The van der Waals surface area contributed by atoms with Gasteiger partial charge in [0.2, 0.25) is 5.82 Å². The van der Waals surface area contributed by atoms with Crippen LogP contribution in [0.15, 0.2) is 21.3 Å². The number of aryl methyl sites for hydroxylation is 1. The van der Waals surface area contributed by atoms with Gasteiger partial charge in [-0.2, -0.15) is 4.98 Å². The zero-order valence-electron chi connectivity index (χ0n) is 8.60. The third-order valence-corrected chi connectivity index (χ3v) is 2.22. The Kier molecular flexibility index (Phi) is 2.55. The first-order valence-corrected chi connectivity index (χ1v) is 4.78. The average molecular weight is 208 g/mol. The number of hydrogen-bond donors (Lipinski definition) is 1. The van der Waals surface area contributed by atoms with Crippen LogP contribution in [0.5, 0.6) is 0 Å². The number of furan rings is 1. The molecule has 2 aromatic rings. The number of aromatic nitrogens is 2. The second kappa shape index (κ2) is 3.86. The van der Waals surface area contributed by atoms with E-state index in [1.54, 1.807) is 12.3 Å². The lowest BCUT2D eigenvalue weighted by Gasteiger charge is -1.97. The van der Waals surface area contributed by atoms with E-state index in [-0.39, 0.29) is 0 Å². The van der Waals surface area contributed by atoms with Crippen LogP contribution in [0.3, 0.4) is 0 Å². The molecule has 0 saturated heterocycles. The third kappa shape index (κ3) is 1.78. The molecule has 0 saturated carbocycles. The Balaban J connectivity index is 2.32. The lowest BCUT2D eigenvalue weighted by molar-refractivity contribution is 0.159. The minimum absolute atomic E-state index is 0.313. The summed E-state index contributed by atoms with van der Waals surface area (Å²) in [7, 11) is 0. The van der Waals surface area contributed by atoms with Crippen molar-refractivity contribution in [3.8, 4) is 11.5 Å². The zero-order chi connectivity index (χ0) is 10.8. The van der Waals surface area contributed by atoms with Crippen molar-refractivity contribution in [3.05, 3.63) is 23.9 Å². The Bertz CT molecular complexity index is 447. The predicted octanol–water partition coefficient (Wildman–Crippen LogP) is 2.08. The number of nitrogens with zero attached hydrogens (tertiary/aromatic N) is 2. The summed E-state index contributed by atoms with van der Waals surface area (Å²) in [4.78, 5) is 4.10. The van der Waals surface area contributed by atoms with Crippen LogP contribution in [0.2, 0.25) is 0 Å². The Morgan fingerprint density at radius 1 is 1.53 bits per heavy atom. The van der Waals surface area contributed by atoms with Crippen LogP contribution in [-0.2, 0) is 0 Å². The van der Waals surface area contributed by atoms with Gasteiger partial charge in [-0.1, -0.05) is 12.1 Å². The molecule has 0 fully saturated rings. The Morgan fingerprint density at radius 2 is 2.33 bits per heavy atom. The van der Waals surface area contributed by atoms with E-state index in [2.05, 4.69) is 10.1 Å². The molecule has 0 aromatic carbocycles. The topological polar surface area (TPSA) is 72.3 Å². The maximum Gasteiger partial charge on any atom is 0.261 e. The maximum atomic E-state index is 9.50. The minimum Gasteiger partial charge on any atom is -0.469 e. The fourth-order valence-electron chi connectivity index (χ4n) is 1.27. The summed E-state index contributed by atoms with van der Waals surface area (Å²) in [5.74, 6) is 1.41. The number of aliphatic hydroxyl groups is 1. The van der Waals surface area contributed by atoms with Crippen LogP contribution in [0.25, 0.3) is 11.5 Å². The molecule has 5 nitrogen and oxygen atoms in total. The van der Waals surface area contributed by atoms with Gasteiger partial charge in [0.15, 0.2) is 0 Å².